The molecule has 1 fully saturated rings. The summed E-state index contributed by atoms with van der Waals surface area (Å²) in [4.78, 5) is 13.6. The third kappa shape index (κ3) is 5.01. The van der Waals surface area contributed by atoms with E-state index in [2.05, 4.69) is 5.32 Å². The maximum absolute atomic E-state index is 11.7. The summed E-state index contributed by atoms with van der Waals surface area (Å²) in [5.41, 5.74) is 0. The Bertz CT molecular complexity index is 355. The number of nitrogens with one attached hydrogen (secondary N) is 1. The lowest BCUT2D eigenvalue weighted by Crippen LogP contribution is -2.56. The van der Waals surface area contributed by atoms with Crippen molar-refractivity contribution in [3.05, 3.63) is 0 Å². The first-order chi connectivity index (χ1) is 7.94. The fourth-order valence-corrected chi connectivity index (χ4v) is 2.33. The molecule has 1 heterocycles. The maximum atomic E-state index is 11.7. The Kier molecular flexibility index (Phi) is 5.35. The van der Waals surface area contributed by atoms with Gasteiger partial charge >= 0.3 is 5.97 Å². The molecule has 100 valence electrons. The minimum absolute atomic E-state index is 0.0723. The molecule has 0 aromatic rings. The first-order valence-electron chi connectivity index (χ1n) is 5.73. The predicted octanol–water partition coefficient (Wildman–Crippen LogP) is -1.13. The molecule has 1 unspecified atom stereocenters. The van der Waals surface area contributed by atoms with Crippen molar-refractivity contribution in [1.29, 1.82) is 0 Å². The van der Waals surface area contributed by atoms with E-state index in [1.165, 1.54) is 6.26 Å². The molecule has 0 aliphatic carbocycles. The van der Waals surface area contributed by atoms with Crippen LogP contribution in [-0.4, -0.2) is 70.1 Å². The van der Waals surface area contributed by atoms with Crippen molar-refractivity contribution in [2.24, 2.45) is 0 Å². The summed E-state index contributed by atoms with van der Waals surface area (Å²) >= 11 is 0. The lowest BCUT2D eigenvalue weighted by molar-refractivity contribution is -0.150. The molecule has 7 heteroatoms. The molecule has 6 nitrogen and oxygen atoms in total. The van der Waals surface area contributed by atoms with Crippen LogP contribution in [0.4, 0.5) is 0 Å². The smallest absolute Gasteiger partial charge is 0.324 e. The molecule has 0 aromatic carbocycles. The first kappa shape index (κ1) is 14.4. The van der Waals surface area contributed by atoms with Crippen LogP contribution in [0.15, 0.2) is 0 Å². The van der Waals surface area contributed by atoms with E-state index >= 15 is 0 Å². The Morgan fingerprint density at radius 3 is 2.82 bits per heavy atom. The van der Waals surface area contributed by atoms with Gasteiger partial charge in [0, 0.05) is 32.4 Å². The molecule has 1 atom stereocenters. The maximum Gasteiger partial charge on any atom is 0.324 e. The van der Waals surface area contributed by atoms with Gasteiger partial charge < -0.3 is 10.1 Å². The summed E-state index contributed by atoms with van der Waals surface area (Å²) in [6.45, 7) is 4.43. The quantitative estimate of drug-likeness (QED) is 0.633. The Morgan fingerprint density at radius 1 is 1.53 bits per heavy atom. The number of carbonyl (C=O) groups is 1. The molecule has 1 N–H and O–H groups in total. The van der Waals surface area contributed by atoms with Gasteiger partial charge in [0.25, 0.3) is 0 Å². The summed E-state index contributed by atoms with van der Waals surface area (Å²) in [6.07, 6.45) is 1.20. The van der Waals surface area contributed by atoms with Gasteiger partial charge in [-0.25, -0.2) is 8.42 Å². The van der Waals surface area contributed by atoms with Crippen LogP contribution in [0.2, 0.25) is 0 Å². The topological polar surface area (TPSA) is 75.7 Å². The van der Waals surface area contributed by atoms with Gasteiger partial charge in [-0.05, 0) is 6.92 Å². The van der Waals surface area contributed by atoms with E-state index in [-0.39, 0.29) is 17.8 Å². The molecule has 0 saturated carbocycles. The molecular weight excluding hydrogens is 244 g/mol. The van der Waals surface area contributed by atoms with Crippen molar-refractivity contribution in [1.82, 2.24) is 10.2 Å². The minimum Gasteiger partial charge on any atom is -0.465 e. The van der Waals surface area contributed by atoms with E-state index in [1.54, 1.807) is 6.92 Å². The largest absolute Gasteiger partial charge is 0.465 e. The van der Waals surface area contributed by atoms with E-state index in [0.29, 0.717) is 26.2 Å². The summed E-state index contributed by atoms with van der Waals surface area (Å²) in [5, 5.41) is 3.11. The zero-order valence-corrected chi connectivity index (χ0v) is 11.1. The molecule has 0 radical (unpaired) electrons. The molecular formula is C10H20N2O4S. The summed E-state index contributed by atoms with van der Waals surface area (Å²) in [7, 11) is -3.00. The fraction of sp³-hybridized carbons (Fsp3) is 0.900. The van der Waals surface area contributed by atoms with E-state index in [9.17, 15) is 13.2 Å². The number of sulfone groups is 1. The van der Waals surface area contributed by atoms with Crippen LogP contribution in [-0.2, 0) is 19.4 Å². The van der Waals surface area contributed by atoms with Crippen LogP contribution >= 0.6 is 0 Å². The lowest BCUT2D eigenvalue weighted by Gasteiger charge is -2.34. The van der Waals surface area contributed by atoms with Crippen LogP contribution < -0.4 is 5.32 Å². The average Bonchev–Trinajstić information content (AvgIpc) is 2.26. The van der Waals surface area contributed by atoms with Crippen LogP contribution in [0.3, 0.4) is 0 Å². The Hall–Kier alpha value is -0.660. The highest BCUT2D eigenvalue weighted by atomic mass is 32.2. The van der Waals surface area contributed by atoms with Crippen molar-refractivity contribution < 1.29 is 17.9 Å². The van der Waals surface area contributed by atoms with E-state index < -0.39 is 9.84 Å². The van der Waals surface area contributed by atoms with Crippen LogP contribution in [0.5, 0.6) is 0 Å². The SMILES string of the molecule is CCOC(=O)C1CNCCN1CCS(C)(=O)=O. The molecule has 0 aromatic heterocycles. The zero-order chi connectivity index (χ0) is 12.9. The Labute approximate surface area is 102 Å². The number of esters is 1. The van der Waals surface area contributed by atoms with Gasteiger partial charge in [0.2, 0.25) is 0 Å². The highest BCUT2D eigenvalue weighted by Gasteiger charge is 2.29. The molecule has 1 aliphatic rings. The first-order valence-corrected chi connectivity index (χ1v) is 7.79. The van der Waals surface area contributed by atoms with Gasteiger partial charge in [0.1, 0.15) is 15.9 Å². The van der Waals surface area contributed by atoms with Gasteiger partial charge in [0.05, 0.1) is 12.4 Å². The molecule has 1 rings (SSSR count). The molecule has 0 amide bonds. The number of piperazine rings is 1. The second-order valence-corrected chi connectivity index (χ2v) is 6.40. The van der Waals surface area contributed by atoms with Gasteiger partial charge in [-0.3, -0.25) is 9.69 Å². The highest BCUT2D eigenvalue weighted by molar-refractivity contribution is 7.90. The van der Waals surface area contributed by atoms with Gasteiger partial charge in [-0.2, -0.15) is 0 Å². The van der Waals surface area contributed by atoms with Gasteiger partial charge in [-0.15, -0.1) is 0 Å². The molecule has 1 aliphatic heterocycles. The molecule has 1 saturated heterocycles. The summed E-state index contributed by atoms with van der Waals surface area (Å²) in [6, 6.07) is -0.370. The average molecular weight is 264 g/mol. The summed E-state index contributed by atoms with van der Waals surface area (Å²) < 4.78 is 27.2. The number of nitrogens with zero attached hydrogens (tertiary/aromatic N) is 1. The number of rotatable bonds is 5. The van der Waals surface area contributed by atoms with E-state index in [1.807, 2.05) is 4.90 Å². The van der Waals surface area contributed by atoms with Crippen molar-refractivity contribution in [2.45, 2.75) is 13.0 Å². The van der Waals surface area contributed by atoms with Crippen LogP contribution in [0.25, 0.3) is 0 Å². The lowest BCUT2D eigenvalue weighted by atomic mass is 10.2. The van der Waals surface area contributed by atoms with Crippen molar-refractivity contribution in [3.63, 3.8) is 0 Å². The van der Waals surface area contributed by atoms with Gasteiger partial charge in [0.15, 0.2) is 0 Å². The van der Waals surface area contributed by atoms with Gasteiger partial charge in [-0.1, -0.05) is 0 Å². The second kappa shape index (κ2) is 6.32. The van der Waals surface area contributed by atoms with Crippen molar-refractivity contribution in [3.8, 4) is 0 Å². The third-order valence-corrected chi connectivity index (χ3v) is 3.59. The normalized spacial score (nSPS) is 22.4. The van der Waals surface area contributed by atoms with E-state index in [0.717, 1.165) is 6.54 Å². The number of hydrogen-bond donors (Lipinski definition) is 1. The molecule has 17 heavy (non-hydrogen) atoms. The van der Waals surface area contributed by atoms with Crippen LogP contribution in [0, 0.1) is 0 Å². The monoisotopic (exact) mass is 264 g/mol. The minimum atomic E-state index is -3.00. The standard InChI is InChI=1S/C10H20N2O4S/c1-3-16-10(13)9-8-11-4-5-12(9)6-7-17(2,14)15/h9,11H,3-8H2,1-2H3. The summed E-state index contributed by atoms with van der Waals surface area (Å²) in [5.74, 6) is -0.212. The van der Waals surface area contributed by atoms with E-state index in [4.69, 9.17) is 4.74 Å². The highest BCUT2D eigenvalue weighted by Crippen LogP contribution is 2.06. The molecule has 0 spiro atoms. The van der Waals surface area contributed by atoms with Crippen molar-refractivity contribution in [2.75, 3.05) is 44.8 Å². The number of ether oxygens (including phenoxy) is 1. The Balaban J connectivity index is 2.56. The fourth-order valence-electron chi connectivity index (χ4n) is 1.77. The number of carbonyl (C=O) groups excluding carboxylic acids is 1. The third-order valence-electron chi connectivity index (χ3n) is 2.66. The molecule has 0 bridgehead atoms. The van der Waals surface area contributed by atoms with Crippen LogP contribution in [0.1, 0.15) is 6.92 Å². The predicted molar refractivity (Wildman–Crippen MR) is 64.6 cm³/mol. The second-order valence-electron chi connectivity index (χ2n) is 4.14. The van der Waals surface area contributed by atoms with Crippen molar-refractivity contribution >= 4 is 15.8 Å². The number of hydrogen-bond acceptors (Lipinski definition) is 6. The zero-order valence-electron chi connectivity index (χ0n) is 10.3. The Morgan fingerprint density at radius 2 is 2.24 bits per heavy atom.